The third-order valence-electron chi connectivity index (χ3n) is 3.53. The summed E-state index contributed by atoms with van der Waals surface area (Å²) in [5, 5.41) is 0. The number of anilines is 2. The summed E-state index contributed by atoms with van der Waals surface area (Å²) in [5.41, 5.74) is 7.97. The fraction of sp³-hybridized carbons (Fsp3) is 0.500. The average Bonchev–Trinajstić information content (AvgIpc) is 2.17. The molecule has 74 valence electrons. The number of piperidine rings is 2. The summed E-state index contributed by atoms with van der Waals surface area (Å²) < 4.78 is 0. The second-order valence-corrected chi connectivity index (χ2v) is 4.70. The van der Waals surface area contributed by atoms with Gasteiger partial charge in [0.25, 0.3) is 0 Å². The molecular formula is C12H16N2. The molecule has 0 aromatic heterocycles. The van der Waals surface area contributed by atoms with Gasteiger partial charge >= 0.3 is 0 Å². The highest BCUT2D eigenvalue weighted by Gasteiger charge is 2.36. The van der Waals surface area contributed by atoms with Crippen molar-refractivity contribution in [2.24, 2.45) is 11.8 Å². The molecule has 1 saturated carbocycles. The van der Waals surface area contributed by atoms with Crippen molar-refractivity contribution in [1.29, 1.82) is 0 Å². The summed E-state index contributed by atoms with van der Waals surface area (Å²) in [7, 11) is 0. The zero-order valence-corrected chi connectivity index (χ0v) is 8.32. The Balaban J connectivity index is 1.82. The number of nitrogens with zero attached hydrogens (tertiary/aromatic N) is 1. The van der Waals surface area contributed by atoms with Crippen LogP contribution in [0, 0.1) is 11.8 Å². The Kier molecular flexibility index (Phi) is 1.69. The van der Waals surface area contributed by atoms with E-state index < -0.39 is 0 Å². The highest BCUT2D eigenvalue weighted by Crippen LogP contribution is 2.41. The molecule has 2 heterocycles. The molecule has 2 heteroatoms. The van der Waals surface area contributed by atoms with E-state index in [1.807, 2.05) is 12.1 Å². The van der Waals surface area contributed by atoms with Gasteiger partial charge in [-0.3, -0.25) is 0 Å². The van der Waals surface area contributed by atoms with Crippen LogP contribution in [0.3, 0.4) is 0 Å². The van der Waals surface area contributed by atoms with Crippen molar-refractivity contribution >= 4 is 11.4 Å². The van der Waals surface area contributed by atoms with Gasteiger partial charge in [0.05, 0.1) is 0 Å². The molecule has 2 N–H and O–H groups in total. The van der Waals surface area contributed by atoms with Gasteiger partial charge < -0.3 is 10.6 Å². The summed E-state index contributed by atoms with van der Waals surface area (Å²) in [6.07, 6.45) is 2.91. The molecular weight excluding hydrogens is 172 g/mol. The topological polar surface area (TPSA) is 29.3 Å². The lowest BCUT2D eigenvalue weighted by Gasteiger charge is -2.48. The van der Waals surface area contributed by atoms with Gasteiger partial charge in [-0.2, -0.15) is 0 Å². The van der Waals surface area contributed by atoms with Crippen LogP contribution in [-0.4, -0.2) is 13.1 Å². The third kappa shape index (κ3) is 1.26. The Bertz CT molecular complexity index is 332. The lowest BCUT2D eigenvalue weighted by molar-refractivity contribution is 0.159. The van der Waals surface area contributed by atoms with Gasteiger partial charge in [0.1, 0.15) is 0 Å². The van der Waals surface area contributed by atoms with Crippen LogP contribution in [-0.2, 0) is 0 Å². The van der Waals surface area contributed by atoms with Crippen LogP contribution in [0.1, 0.15) is 12.8 Å². The quantitative estimate of drug-likeness (QED) is 0.684. The first-order chi connectivity index (χ1) is 6.81. The van der Waals surface area contributed by atoms with Gasteiger partial charge in [-0.25, -0.2) is 0 Å². The van der Waals surface area contributed by atoms with Gasteiger partial charge in [-0.05, 0) is 42.9 Å². The normalized spacial score (nSPS) is 29.9. The second kappa shape index (κ2) is 2.91. The van der Waals surface area contributed by atoms with Gasteiger partial charge in [0.15, 0.2) is 0 Å². The molecule has 1 aromatic rings. The second-order valence-electron chi connectivity index (χ2n) is 4.70. The molecule has 1 aromatic carbocycles. The van der Waals surface area contributed by atoms with Crippen molar-refractivity contribution in [1.82, 2.24) is 0 Å². The maximum atomic E-state index is 5.78. The minimum Gasteiger partial charge on any atom is -0.399 e. The highest BCUT2D eigenvalue weighted by molar-refractivity contribution is 5.56. The molecule has 0 radical (unpaired) electrons. The molecule has 2 bridgehead atoms. The molecule has 3 fully saturated rings. The van der Waals surface area contributed by atoms with Crippen LogP contribution in [0.5, 0.6) is 0 Å². The van der Waals surface area contributed by atoms with Crippen molar-refractivity contribution in [2.75, 3.05) is 23.7 Å². The van der Waals surface area contributed by atoms with E-state index in [9.17, 15) is 0 Å². The number of hydrogen-bond donors (Lipinski definition) is 1. The first-order valence-corrected chi connectivity index (χ1v) is 5.42. The smallest absolute Gasteiger partial charge is 0.0387 e. The molecule has 14 heavy (non-hydrogen) atoms. The van der Waals surface area contributed by atoms with Crippen LogP contribution in [0.15, 0.2) is 24.3 Å². The molecule has 4 rings (SSSR count). The Labute approximate surface area is 84.7 Å². The number of benzene rings is 1. The van der Waals surface area contributed by atoms with Crippen LogP contribution in [0.25, 0.3) is 0 Å². The molecule has 0 spiro atoms. The van der Waals surface area contributed by atoms with Crippen molar-refractivity contribution in [3.63, 3.8) is 0 Å². The van der Waals surface area contributed by atoms with E-state index in [2.05, 4.69) is 17.0 Å². The number of fused-ring (bicyclic) bond motifs is 2. The molecule has 2 saturated heterocycles. The van der Waals surface area contributed by atoms with E-state index >= 15 is 0 Å². The SMILES string of the molecule is Nc1cccc(N2CC3CC(C3)C2)c1. The van der Waals surface area contributed by atoms with E-state index in [1.54, 1.807) is 0 Å². The average molecular weight is 188 g/mol. The minimum atomic E-state index is 0.877. The monoisotopic (exact) mass is 188 g/mol. The van der Waals surface area contributed by atoms with Gasteiger partial charge in [-0.15, -0.1) is 0 Å². The van der Waals surface area contributed by atoms with Gasteiger partial charge in [0, 0.05) is 24.5 Å². The minimum absolute atomic E-state index is 0.877. The maximum Gasteiger partial charge on any atom is 0.0387 e. The molecule has 2 aliphatic heterocycles. The summed E-state index contributed by atoms with van der Waals surface area (Å²) in [6, 6.07) is 8.25. The van der Waals surface area contributed by atoms with E-state index in [1.165, 1.54) is 31.6 Å². The largest absolute Gasteiger partial charge is 0.399 e. The van der Waals surface area contributed by atoms with Crippen molar-refractivity contribution in [2.45, 2.75) is 12.8 Å². The number of nitrogens with two attached hydrogens (primary N) is 1. The standard InChI is InChI=1S/C12H16N2/c13-11-2-1-3-12(6-11)14-7-9-4-10(5-9)8-14/h1-3,6,9-10H,4-5,7-8,13H2. The van der Waals surface area contributed by atoms with Gasteiger partial charge in [0.2, 0.25) is 0 Å². The lowest BCUT2D eigenvalue weighted by Crippen LogP contribution is -2.48. The maximum absolute atomic E-state index is 5.78. The Morgan fingerprint density at radius 1 is 1.14 bits per heavy atom. The predicted molar refractivity (Wildman–Crippen MR) is 59.3 cm³/mol. The number of hydrogen-bond acceptors (Lipinski definition) is 2. The fourth-order valence-corrected chi connectivity index (χ4v) is 2.80. The summed E-state index contributed by atoms with van der Waals surface area (Å²) in [5.74, 6) is 1.91. The van der Waals surface area contributed by atoms with Crippen LogP contribution >= 0.6 is 0 Å². The summed E-state index contributed by atoms with van der Waals surface area (Å²) in [4.78, 5) is 2.48. The Morgan fingerprint density at radius 2 is 1.86 bits per heavy atom. The molecule has 3 aliphatic rings. The summed E-state index contributed by atoms with van der Waals surface area (Å²) in [6.45, 7) is 2.47. The number of rotatable bonds is 1. The van der Waals surface area contributed by atoms with Crippen LogP contribution in [0.4, 0.5) is 11.4 Å². The van der Waals surface area contributed by atoms with Crippen molar-refractivity contribution in [3.8, 4) is 0 Å². The molecule has 0 amide bonds. The molecule has 0 atom stereocenters. The summed E-state index contributed by atoms with van der Waals surface area (Å²) >= 11 is 0. The third-order valence-corrected chi connectivity index (χ3v) is 3.53. The first-order valence-electron chi connectivity index (χ1n) is 5.42. The van der Waals surface area contributed by atoms with E-state index in [0.29, 0.717) is 0 Å². The van der Waals surface area contributed by atoms with E-state index in [0.717, 1.165) is 17.5 Å². The zero-order chi connectivity index (χ0) is 9.54. The van der Waals surface area contributed by atoms with Gasteiger partial charge in [-0.1, -0.05) is 6.07 Å². The van der Waals surface area contributed by atoms with Crippen LogP contribution in [0.2, 0.25) is 0 Å². The fourth-order valence-electron chi connectivity index (χ4n) is 2.80. The van der Waals surface area contributed by atoms with E-state index in [4.69, 9.17) is 5.73 Å². The molecule has 1 aliphatic carbocycles. The highest BCUT2D eigenvalue weighted by atomic mass is 15.2. The first kappa shape index (κ1) is 8.16. The predicted octanol–water partition coefficient (Wildman–Crippen LogP) is 2.12. The molecule has 2 nitrogen and oxygen atoms in total. The Morgan fingerprint density at radius 3 is 2.50 bits per heavy atom. The zero-order valence-electron chi connectivity index (χ0n) is 8.32. The van der Waals surface area contributed by atoms with E-state index in [-0.39, 0.29) is 0 Å². The molecule has 0 unspecified atom stereocenters. The van der Waals surface area contributed by atoms with Crippen LogP contribution < -0.4 is 10.6 Å². The van der Waals surface area contributed by atoms with Crippen molar-refractivity contribution in [3.05, 3.63) is 24.3 Å². The lowest BCUT2D eigenvalue weighted by atomic mass is 9.71. The number of nitrogen functional groups attached to an aromatic ring is 1. The Hall–Kier alpha value is -1.18. The van der Waals surface area contributed by atoms with Crippen molar-refractivity contribution < 1.29 is 0 Å².